The Kier molecular flexibility index (Phi) is 7.94. The summed E-state index contributed by atoms with van der Waals surface area (Å²) in [5.41, 5.74) is 0. The first kappa shape index (κ1) is 21.2. The second-order valence-electron chi connectivity index (χ2n) is 6.11. The second kappa shape index (κ2) is 9.73. The van der Waals surface area contributed by atoms with E-state index in [1.807, 2.05) is 32.9 Å². The van der Waals surface area contributed by atoms with E-state index in [2.05, 4.69) is 4.31 Å². The summed E-state index contributed by atoms with van der Waals surface area (Å²) in [5, 5.41) is 0. The van der Waals surface area contributed by atoms with Crippen molar-refractivity contribution in [3.8, 4) is 0 Å². The number of rotatable bonds is 8. The van der Waals surface area contributed by atoms with Crippen molar-refractivity contribution in [2.24, 2.45) is 5.92 Å². The van der Waals surface area contributed by atoms with Crippen molar-refractivity contribution in [1.82, 2.24) is 8.61 Å². The van der Waals surface area contributed by atoms with Gasteiger partial charge in [0.25, 0.3) is 0 Å². The number of nitrogens with zero attached hydrogens (tertiary/aromatic N) is 2. The van der Waals surface area contributed by atoms with E-state index in [4.69, 9.17) is 4.74 Å². The Morgan fingerprint density at radius 2 is 1.96 bits per heavy atom. The van der Waals surface area contributed by atoms with Gasteiger partial charge in [0.05, 0.1) is 17.4 Å². The van der Waals surface area contributed by atoms with Gasteiger partial charge in [0.15, 0.2) is 0 Å². The van der Waals surface area contributed by atoms with Gasteiger partial charge in [0, 0.05) is 31.1 Å². The lowest BCUT2D eigenvalue weighted by atomic mass is 10.0. The third kappa shape index (κ3) is 5.00. The molecule has 1 fully saturated rings. The van der Waals surface area contributed by atoms with Crippen molar-refractivity contribution in [2.45, 2.75) is 43.4 Å². The van der Waals surface area contributed by atoms with Gasteiger partial charge in [-0.25, -0.2) is 12.7 Å². The average molecular weight is 401 g/mol. The Hall–Kier alpha value is -1.09. The molecule has 0 spiro atoms. The van der Waals surface area contributed by atoms with Crippen LogP contribution in [0, 0.1) is 5.92 Å². The normalized spacial score (nSPS) is 18.8. The summed E-state index contributed by atoms with van der Waals surface area (Å²) >= 11 is 1.42. The monoisotopic (exact) mass is 400 g/mol. The lowest BCUT2D eigenvalue weighted by Crippen LogP contribution is -2.36. The summed E-state index contributed by atoms with van der Waals surface area (Å²) in [7, 11) is -3.53. The van der Waals surface area contributed by atoms with Crippen LogP contribution in [-0.2, 0) is 19.6 Å². The third-order valence-electron chi connectivity index (χ3n) is 4.40. The minimum absolute atomic E-state index is 0.150. The van der Waals surface area contributed by atoms with Crippen LogP contribution >= 0.6 is 11.9 Å². The standard InChI is InChI=1S/C18H28N2O4S2/c1-4-20(5-2)26(22,23)17-12-8-7-11-16(17)25-19-13-9-10-15(14-19)18(21)24-6-3/h7-8,11-12,15H,4-6,9-10,13-14H2,1-3H3. The van der Waals surface area contributed by atoms with Crippen LogP contribution in [0.25, 0.3) is 0 Å². The van der Waals surface area contributed by atoms with Crippen LogP contribution in [0.5, 0.6) is 0 Å². The summed E-state index contributed by atoms with van der Waals surface area (Å²) in [6, 6.07) is 7.08. The Bertz CT molecular complexity index is 705. The van der Waals surface area contributed by atoms with Crippen LogP contribution in [0.3, 0.4) is 0 Å². The highest BCUT2D eigenvalue weighted by Crippen LogP contribution is 2.34. The van der Waals surface area contributed by atoms with Gasteiger partial charge in [-0.15, -0.1) is 0 Å². The van der Waals surface area contributed by atoms with Crippen LogP contribution < -0.4 is 0 Å². The molecule has 0 amide bonds. The number of hydrogen-bond acceptors (Lipinski definition) is 6. The maximum Gasteiger partial charge on any atom is 0.310 e. The molecule has 1 aliphatic heterocycles. The molecule has 6 nitrogen and oxygen atoms in total. The van der Waals surface area contributed by atoms with E-state index in [9.17, 15) is 13.2 Å². The highest BCUT2D eigenvalue weighted by atomic mass is 32.2. The first-order valence-corrected chi connectivity index (χ1v) is 11.3. The molecule has 1 unspecified atom stereocenters. The molecule has 1 heterocycles. The van der Waals surface area contributed by atoms with Gasteiger partial charge < -0.3 is 4.74 Å². The van der Waals surface area contributed by atoms with Crippen LogP contribution in [-0.4, -0.2) is 55.8 Å². The lowest BCUT2D eigenvalue weighted by Gasteiger charge is -2.31. The minimum atomic E-state index is -3.53. The molecular weight excluding hydrogens is 372 g/mol. The van der Waals surface area contributed by atoms with Crippen molar-refractivity contribution in [3.63, 3.8) is 0 Å². The molecule has 2 rings (SSSR count). The maximum atomic E-state index is 12.9. The predicted molar refractivity (Wildman–Crippen MR) is 103 cm³/mol. The van der Waals surface area contributed by atoms with Gasteiger partial charge >= 0.3 is 5.97 Å². The van der Waals surface area contributed by atoms with Crippen molar-refractivity contribution < 1.29 is 17.9 Å². The number of piperidine rings is 1. The molecule has 0 radical (unpaired) electrons. The van der Waals surface area contributed by atoms with Gasteiger partial charge in [-0.3, -0.25) is 4.79 Å². The molecule has 1 atom stereocenters. The van der Waals surface area contributed by atoms with E-state index in [1.165, 1.54) is 16.3 Å². The number of carbonyl (C=O) groups excluding carboxylic acids is 1. The molecule has 0 saturated carbocycles. The van der Waals surface area contributed by atoms with Crippen LogP contribution in [0.1, 0.15) is 33.6 Å². The van der Waals surface area contributed by atoms with Gasteiger partial charge in [0.1, 0.15) is 0 Å². The first-order chi connectivity index (χ1) is 12.4. The van der Waals surface area contributed by atoms with Crippen LogP contribution in [0.15, 0.2) is 34.1 Å². The first-order valence-electron chi connectivity index (χ1n) is 9.12. The number of benzene rings is 1. The molecule has 146 valence electrons. The maximum absolute atomic E-state index is 12.9. The number of sulfonamides is 1. The largest absolute Gasteiger partial charge is 0.466 e. The summed E-state index contributed by atoms with van der Waals surface area (Å²) in [4.78, 5) is 13.1. The second-order valence-corrected chi connectivity index (χ2v) is 9.15. The van der Waals surface area contributed by atoms with E-state index in [0.29, 0.717) is 36.0 Å². The quantitative estimate of drug-likeness (QED) is 0.494. The zero-order valence-electron chi connectivity index (χ0n) is 15.7. The highest BCUT2D eigenvalue weighted by Gasteiger charge is 2.30. The molecule has 0 bridgehead atoms. The predicted octanol–water partition coefficient (Wildman–Crippen LogP) is 3.00. The number of ether oxygens (including phenoxy) is 1. The topological polar surface area (TPSA) is 66.9 Å². The average Bonchev–Trinajstić information content (AvgIpc) is 2.63. The fourth-order valence-corrected chi connectivity index (χ4v) is 6.07. The molecule has 1 aromatic carbocycles. The fourth-order valence-electron chi connectivity index (χ4n) is 3.06. The summed E-state index contributed by atoms with van der Waals surface area (Å²) in [5.74, 6) is -0.315. The molecule has 8 heteroatoms. The Morgan fingerprint density at radius 1 is 1.27 bits per heavy atom. The van der Waals surface area contributed by atoms with E-state index in [1.54, 1.807) is 12.1 Å². The van der Waals surface area contributed by atoms with Crippen molar-refractivity contribution in [2.75, 3.05) is 32.8 Å². The smallest absolute Gasteiger partial charge is 0.310 e. The van der Waals surface area contributed by atoms with Crippen LogP contribution in [0.2, 0.25) is 0 Å². The molecule has 26 heavy (non-hydrogen) atoms. The molecule has 1 aromatic rings. The number of esters is 1. The molecular formula is C18H28N2O4S2. The van der Waals surface area contributed by atoms with E-state index in [0.717, 1.165) is 19.4 Å². The minimum Gasteiger partial charge on any atom is -0.466 e. The van der Waals surface area contributed by atoms with Gasteiger partial charge in [-0.05, 0) is 43.8 Å². The van der Waals surface area contributed by atoms with E-state index >= 15 is 0 Å². The Balaban J connectivity index is 2.19. The van der Waals surface area contributed by atoms with E-state index in [-0.39, 0.29) is 11.9 Å². The Morgan fingerprint density at radius 3 is 2.62 bits per heavy atom. The van der Waals surface area contributed by atoms with Gasteiger partial charge in [0.2, 0.25) is 10.0 Å². The van der Waals surface area contributed by atoms with E-state index < -0.39 is 10.0 Å². The van der Waals surface area contributed by atoms with Gasteiger partial charge in [-0.2, -0.15) is 4.31 Å². The highest BCUT2D eigenvalue weighted by molar-refractivity contribution is 7.98. The third-order valence-corrected chi connectivity index (χ3v) is 7.78. The van der Waals surface area contributed by atoms with Crippen molar-refractivity contribution in [1.29, 1.82) is 0 Å². The Labute approximate surface area is 161 Å². The van der Waals surface area contributed by atoms with Gasteiger partial charge in [-0.1, -0.05) is 26.0 Å². The molecule has 1 aliphatic rings. The zero-order chi connectivity index (χ0) is 19.2. The van der Waals surface area contributed by atoms with Crippen molar-refractivity contribution >= 4 is 27.9 Å². The summed E-state index contributed by atoms with van der Waals surface area (Å²) in [6.07, 6.45) is 1.71. The molecule has 1 saturated heterocycles. The molecule has 0 aromatic heterocycles. The zero-order valence-corrected chi connectivity index (χ0v) is 17.3. The lowest BCUT2D eigenvalue weighted by molar-refractivity contribution is -0.149. The fraction of sp³-hybridized carbons (Fsp3) is 0.611. The SMILES string of the molecule is CCOC(=O)C1CCCN(Sc2ccccc2S(=O)(=O)N(CC)CC)C1. The summed E-state index contributed by atoms with van der Waals surface area (Å²) < 4.78 is 34.5. The number of hydrogen-bond donors (Lipinski definition) is 0. The van der Waals surface area contributed by atoms with Crippen molar-refractivity contribution in [3.05, 3.63) is 24.3 Å². The molecule has 0 N–H and O–H groups in total. The van der Waals surface area contributed by atoms with Crippen LogP contribution in [0.4, 0.5) is 0 Å². The summed E-state index contributed by atoms with van der Waals surface area (Å²) in [6.45, 7) is 8.13. The number of carbonyl (C=O) groups is 1. The molecule has 0 aliphatic carbocycles.